The molecule has 0 aliphatic carbocycles. The maximum atomic E-state index is 12.2. The zero-order chi connectivity index (χ0) is 9.30. The number of rotatable bonds is 1. The van der Waals surface area contributed by atoms with Gasteiger partial charge in [-0.2, -0.15) is 0 Å². The van der Waals surface area contributed by atoms with Crippen LogP contribution in [-0.4, -0.2) is 5.11 Å². The third-order valence-corrected chi connectivity index (χ3v) is 1.70. The lowest BCUT2D eigenvalue weighted by Crippen LogP contribution is -1.97. The smallest absolute Gasteiger partial charge is 0.269 e. The fourth-order valence-electron chi connectivity index (χ4n) is 0.963. The Balaban J connectivity index is 3.33. The van der Waals surface area contributed by atoms with Crippen LogP contribution in [0.15, 0.2) is 12.1 Å². The second-order valence-corrected chi connectivity index (χ2v) is 2.53. The molecule has 0 saturated carbocycles. The number of phenolic OH excluding ortho intramolecular Hbond substituents is 1. The summed E-state index contributed by atoms with van der Waals surface area (Å²) in [5.41, 5.74) is 5.38. The van der Waals surface area contributed by atoms with Gasteiger partial charge in [0.2, 0.25) is 0 Å². The molecule has 1 aromatic rings. The largest absolute Gasteiger partial charge is 0.507 e. The normalized spacial score (nSPS) is 10.7. The number of hydrogen-bond donors (Lipinski definition) is 2. The molecule has 1 rings (SSSR count). The first-order valence-corrected chi connectivity index (χ1v) is 3.40. The lowest BCUT2D eigenvalue weighted by atomic mass is 10.1. The number of nitrogen functional groups attached to an aromatic ring is 1. The van der Waals surface area contributed by atoms with Crippen molar-refractivity contribution in [3.8, 4) is 5.75 Å². The number of aromatic hydroxyl groups is 1. The molecule has 0 fully saturated rings. The highest BCUT2D eigenvalue weighted by atomic mass is 19.3. The Kier molecular flexibility index (Phi) is 2.17. The lowest BCUT2D eigenvalue weighted by Gasteiger charge is -2.08. The van der Waals surface area contributed by atoms with Crippen molar-refractivity contribution in [2.24, 2.45) is 0 Å². The van der Waals surface area contributed by atoms with Crippen molar-refractivity contribution >= 4 is 5.69 Å². The van der Waals surface area contributed by atoms with Crippen molar-refractivity contribution < 1.29 is 13.9 Å². The molecule has 2 nitrogen and oxygen atoms in total. The Morgan fingerprint density at radius 3 is 2.42 bits per heavy atom. The van der Waals surface area contributed by atoms with Crippen LogP contribution in [0, 0.1) is 6.92 Å². The van der Waals surface area contributed by atoms with E-state index in [0.717, 1.165) is 0 Å². The molecule has 0 bridgehead atoms. The number of aryl methyl sites for hydroxylation is 1. The molecule has 4 heteroatoms. The molecule has 0 atom stereocenters. The van der Waals surface area contributed by atoms with E-state index in [2.05, 4.69) is 0 Å². The summed E-state index contributed by atoms with van der Waals surface area (Å²) in [5.74, 6) is -0.451. The van der Waals surface area contributed by atoms with Crippen molar-refractivity contribution in [2.45, 2.75) is 13.3 Å². The third-order valence-electron chi connectivity index (χ3n) is 1.70. The van der Waals surface area contributed by atoms with E-state index in [9.17, 15) is 8.78 Å². The van der Waals surface area contributed by atoms with E-state index >= 15 is 0 Å². The Bertz CT molecular complexity index is 299. The summed E-state index contributed by atoms with van der Waals surface area (Å²) in [7, 11) is 0. The molecule has 0 amide bonds. The Labute approximate surface area is 68.6 Å². The monoisotopic (exact) mass is 173 g/mol. The zero-order valence-corrected chi connectivity index (χ0v) is 6.51. The standard InChI is InChI=1S/C8H9F2NO/c1-4-2-3-5(12)6(7(4)11)8(9)10/h2-3,8,12H,11H2,1H3. The first-order valence-electron chi connectivity index (χ1n) is 3.40. The van der Waals surface area contributed by atoms with E-state index in [-0.39, 0.29) is 5.69 Å². The lowest BCUT2D eigenvalue weighted by molar-refractivity contribution is 0.148. The van der Waals surface area contributed by atoms with Gasteiger partial charge in [-0.1, -0.05) is 6.07 Å². The van der Waals surface area contributed by atoms with Crippen LogP contribution in [0.3, 0.4) is 0 Å². The average molecular weight is 173 g/mol. The number of anilines is 1. The third kappa shape index (κ3) is 1.32. The van der Waals surface area contributed by atoms with Crippen LogP contribution in [0.2, 0.25) is 0 Å². The average Bonchev–Trinajstić information content (AvgIpc) is 1.97. The number of halogens is 2. The van der Waals surface area contributed by atoms with Gasteiger partial charge in [0, 0.05) is 5.69 Å². The molecular formula is C8H9F2NO. The number of phenols is 1. The molecule has 0 aromatic heterocycles. The van der Waals surface area contributed by atoms with Crippen LogP contribution in [0.4, 0.5) is 14.5 Å². The van der Waals surface area contributed by atoms with Gasteiger partial charge < -0.3 is 10.8 Å². The number of nitrogens with two attached hydrogens (primary N) is 1. The maximum absolute atomic E-state index is 12.2. The fourth-order valence-corrected chi connectivity index (χ4v) is 0.963. The molecule has 0 spiro atoms. The van der Waals surface area contributed by atoms with Crippen molar-refractivity contribution in [1.29, 1.82) is 0 Å². The predicted molar refractivity (Wildman–Crippen MR) is 42.2 cm³/mol. The molecule has 1 aromatic carbocycles. The van der Waals surface area contributed by atoms with Gasteiger partial charge in [0.05, 0.1) is 5.56 Å². The molecule has 0 aliphatic rings. The number of benzene rings is 1. The van der Waals surface area contributed by atoms with Crippen LogP contribution in [0.1, 0.15) is 17.6 Å². The predicted octanol–water partition coefficient (Wildman–Crippen LogP) is 2.22. The molecule has 0 aliphatic heterocycles. The van der Waals surface area contributed by atoms with Gasteiger partial charge in [-0.3, -0.25) is 0 Å². The van der Waals surface area contributed by atoms with E-state index in [4.69, 9.17) is 10.8 Å². The number of hydrogen-bond acceptors (Lipinski definition) is 2. The molecule has 3 N–H and O–H groups in total. The SMILES string of the molecule is Cc1ccc(O)c(C(F)F)c1N. The minimum absolute atomic E-state index is 0.0370. The Morgan fingerprint density at radius 2 is 2.00 bits per heavy atom. The van der Waals surface area contributed by atoms with Gasteiger partial charge in [0.25, 0.3) is 6.43 Å². The molecule has 0 heterocycles. The van der Waals surface area contributed by atoms with Crippen LogP contribution in [-0.2, 0) is 0 Å². The van der Waals surface area contributed by atoms with E-state index in [1.807, 2.05) is 0 Å². The highest BCUT2D eigenvalue weighted by Crippen LogP contribution is 2.34. The number of alkyl halides is 2. The molecular weight excluding hydrogens is 164 g/mol. The van der Waals surface area contributed by atoms with E-state index < -0.39 is 17.7 Å². The zero-order valence-electron chi connectivity index (χ0n) is 6.51. The second kappa shape index (κ2) is 2.97. The van der Waals surface area contributed by atoms with Crippen molar-refractivity contribution in [3.63, 3.8) is 0 Å². The highest BCUT2D eigenvalue weighted by molar-refractivity contribution is 5.59. The molecule has 0 unspecified atom stereocenters. The van der Waals surface area contributed by atoms with E-state index in [0.29, 0.717) is 5.56 Å². The maximum Gasteiger partial charge on any atom is 0.269 e. The molecule has 0 radical (unpaired) electrons. The topological polar surface area (TPSA) is 46.2 Å². The van der Waals surface area contributed by atoms with E-state index in [1.165, 1.54) is 12.1 Å². The fraction of sp³-hybridized carbons (Fsp3) is 0.250. The summed E-state index contributed by atoms with van der Waals surface area (Å²) in [6.45, 7) is 1.61. The summed E-state index contributed by atoms with van der Waals surface area (Å²) in [5, 5.41) is 9.03. The van der Waals surface area contributed by atoms with Gasteiger partial charge in [0.15, 0.2) is 0 Å². The highest BCUT2D eigenvalue weighted by Gasteiger charge is 2.17. The van der Waals surface area contributed by atoms with Gasteiger partial charge in [-0.25, -0.2) is 8.78 Å². The summed E-state index contributed by atoms with van der Waals surface area (Å²) in [6, 6.07) is 2.71. The molecule has 0 saturated heterocycles. The van der Waals surface area contributed by atoms with Gasteiger partial charge in [-0.05, 0) is 18.6 Å². The first-order chi connectivity index (χ1) is 5.54. The second-order valence-electron chi connectivity index (χ2n) is 2.53. The molecule has 66 valence electrons. The quantitative estimate of drug-likeness (QED) is 0.639. The van der Waals surface area contributed by atoms with Crippen molar-refractivity contribution in [3.05, 3.63) is 23.3 Å². The van der Waals surface area contributed by atoms with Crippen LogP contribution >= 0.6 is 0 Å². The van der Waals surface area contributed by atoms with Crippen LogP contribution < -0.4 is 5.73 Å². The first kappa shape index (κ1) is 8.77. The van der Waals surface area contributed by atoms with Crippen LogP contribution in [0.25, 0.3) is 0 Å². The minimum atomic E-state index is -2.73. The van der Waals surface area contributed by atoms with Crippen molar-refractivity contribution in [1.82, 2.24) is 0 Å². The summed E-state index contributed by atoms with van der Waals surface area (Å²) in [4.78, 5) is 0. The summed E-state index contributed by atoms with van der Waals surface area (Å²) >= 11 is 0. The van der Waals surface area contributed by atoms with Crippen molar-refractivity contribution in [2.75, 3.05) is 5.73 Å². The van der Waals surface area contributed by atoms with E-state index in [1.54, 1.807) is 6.92 Å². The Hall–Kier alpha value is -1.32. The summed E-state index contributed by atoms with van der Waals surface area (Å²) < 4.78 is 24.5. The van der Waals surface area contributed by atoms with Gasteiger partial charge in [-0.15, -0.1) is 0 Å². The van der Waals surface area contributed by atoms with Gasteiger partial charge in [0.1, 0.15) is 5.75 Å². The molecule has 12 heavy (non-hydrogen) atoms. The van der Waals surface area contributed by atoms with Crippen LogP contribution in [0.5, 0.6) is 5.75 Å². The van der Waals surface area contributed by atoms with Gasteiger partial charge >= 0.3 is 0 Å². The summed E-state index contributed by atoms with van der Waals surface area (Å²) in [6.07, 6.45) is -2.73. The minimum Gasteiger partial charge on any atom is -0.507 e. The Morgan fingerprint density at radius 1 is 1.42 bits per heavy atom.